The van der Waals surface area contributed by atoms with Gasteiger partial charge in [0.15, 0.2) is 17.3 Å². The summed E-state index contributed by atoms with van der Waals surface area (Å²) in [6.45, 7) is 4.25. The van der Waals surface area contributed by atoms with Gasteiger partial charge in [-0.15, -0.1) is 0 Å². The Kier molecular flexibility index (Phi) is 4.45. The van der Waals surface area contributed by atoms with Gasteiger partial charge in [-0.1, -0.05) is 0 Å². The number of aromatic nitrogens is 2. The van der Waals surface area contributed by atoms with Crippen LogP contribution >= 0.6 is 0 Å². The summed E-state index contributed by atoms with van der Waals surface area (Å²) in [7, 11) is 2.85. The molecule has 1 saturated heterocycles. The fourth-order valence-corrected chi connectivity index (χ4v) is 3.53. The number of benzene rings is 1. The minimum Gasteiger partial charge on any atom is -0.493 e. The highest BCUT2D eigenvalue weighted by Gasteiger charge is 2.28. The molecule has 3 N–H and O–H groups in total. The van der Waals surface area contributed by atoms with E-state index in [9.17, 15) is 4.39 Å². The number of nitrogens with two attached hydrogens (primary N) is 1. The number of fused-ring (bicyclic) bond motifs is 1. The molecule has 1 aliphatic rings. The molecule has 1 aliphatic heterocycles. The first-order valence-corrected chi connectivity index (χ1v) is 8.08. The van der Waals surface area contributed by atoms with Gasteiger partial charge < -0.3 is 20.5 Å². The maximum atomic E-state index is 14.8. The van der Waals surface area contributed by atoms with Crippen molar-refractivity contribution in [3.63, 3.8) is 0 Å². The van der Waals surface area contributed by atoms with Crippen LogP contribution in [-0.4, -0.2) is 36.3 Å². The second kappa shape index (κ2) is 6.39. The van der Waals surface area contributed by atoms with Crippen LogP contribution in [0.1, 0.15) is 38.4 Å². The van der Waals surface area contributed by atoms with E-state index in [1.54, 1.807) is 6.07 Å². The second-order valence-electron chi connectivity index (χ2n) is 6.43. The zero-order valence-corrected chi connectivity index (χ0v) is 14.4. The van der Waals surface area contributed by atoms with Gasteiger partial charge in [0.25, 0.3) is 0 Å². The van der Waals surface area contributed by atoms with Gasteiger partial charge in [-0.3, -0.25) is 0 Å². The predicted molar refractivity (Wildman–Crippen MR) is 91.0 cm³/mol. The molecule has 1 aromatic heterocycles. The maximum absolute atomic E-state index is 14.8. The summed E-state index contributed by atoms with van der Waals surface area (Å²) >= 11 is 0. The Morgan fingerprint density at radius 2 is 1.83 bits per heavy atom. The zero-order valence-electron chi connectivity index (χ0n) is 14.4. The van der Waals surface area contributed by atoms with Gasteiger partial charge in [-0.05, 0) is 32.8 Å². The number of ether oxygens (including phenoxy) is 2. The first kappa shape index (κ1) is 16.7. The minimum atomic E-state index is -0.572. The van der Waals surface area contributed by atoms with Crippen molar-refractivity contribution in [3.8, 4) is 11.5 Å². The van der Waals surface area contributed by atoms with E-state index in [0.29, 0.717) is 23.3 Å². The van der Waals surface area contributed by atoms with E-state index in [2.05, 4.69) is 29.1 Å². The molecule has 7 heteroatoms. The lowest BCUT2D eigenvalue weighted by Gasteiger charge is -2.32. The predicted octanol–water partition coefficient (Wildman–Crippen LogP) is 2.61. The Morgan fingerprint density at radius 1 is 1.17 bits per heavy atom. The van der Waals surface area contributed by atoms with Crippen LogP contribution in [-0.2, 0) is 0 Å². The monoisotopic (exact) mass is 334 g/mol. The normalized spacial score (nSPS) is 24.1. The number of nitrogens with zero attached hydrogens (tertiary/aromatic N) is 2. The Bertz CT molecular complexity index is 758. The van der Waals surface area contributed by atoms with E-state index >= 15 is 0 Å². The number of rotatable bonds is 3. The molecule has 1 aromatic carbocycles. The van der Waals surface area contributed by atoms with Crippen molar-refractivity contribution in [1.29, 1.82) is 0 Å². The maximum Gasteiger partial charge on any atom is 0.199 e. The van der Waals surface area contributed by atoms with Crippen LogP contribution in [0.3, 0.4) is 0 Å². The van der Waals surface area contributed by atoms with E-state index in [1.807, 2.05) is 0 Å². The average Bonchev–Trinajstić information content (AvgIpc) is 2.54. The van der Waals surface area contributed by atoms with Gasteiger partial charge in [0.2, 0.25) is 0 Å². The third-order valence-electron chi connectivity index (χ3n) is 4.53. The highest BCUT2D eigenvalue weighted by Crippen LogP contribution is 2.38. The molecule has 0 amide bonds. The summed E-state index contributed by atoms with van der Waals surface area (Å²) in [4.78, 5) is 8.92. The van der Waals surface area contributed by atoms with Crippen molar-refractivity contribution in [3.05, 3.63) is 17.7 Å². The molecule has 24 heavy (non-hydrogen) atoms. The SMILES string of the molecule is COc1cc2c(N)nc(C3CC(C)NC(C)C3)nc2c(F)c1OC. The van der Waals surface area contributed by atoms with Crippen molar-refractivity contribution in [2.75, 3.05) is 20.0 Å². The molecular formula is C17H23FN4O2. The molecule has 3 rings (SSSR count). The third kappa shape index (κ3) is 2.84. The van der Waals surface area contributed by atoms with Gasteiger partial charge in [0.1, 0.15) is 17.2 Å². The molecule has 0 saturated carbocycles. The topological polar surface area (TPSA) is 82.3 Å². The first-order valence-electron chi connectivity index (χ1n) is 8.08. The van der Waals surface area contributed by atoms with Crippen LogP contribution < -0.4 is 20.5 Å². The molecule has 1 fully saturated rings. The van der Waals surface area contributed by atoms with Gasteiger partial charge in [0.05, 0.1) is 14.2 Å². The van der Waals surface area contributed by atoms with Crippen molar-refractivity contribution in [1.82, 2.24) is 15.3 Å². The average molecular weight is 334 g/mol. The van der Waals surface area contributed by atoms with E-state index < -0.39 is 5.82 Å². The summed E-state index contributed by atoms with van der Waals surface area (Å²) in [5.74, 6) is 0.725. The smallest absolute Gasteiger partial charge is 0.199 e. The molecule has 2 atom stereocenters. The summed E-state index contributed by atoms with van der Waals surface area (Å²) in [5, 5.41) is 3.91. The number of hydrogen-bond donors (Lipinski definition) is 2. The van der Waals surface area contributed by atoms with Gasteiger partial charge >= 0.3 is 0 Å². The molecule has 130 valence electrons. The van der Waals surface area contributed by atoms with Crippen LogP contribution in [0.15, 0.2) is 6.07 Å². The quantitative estimate of drug-likeness (QED) is 0.898. The lowest BCUT2D eigenvalue weighted by molar-refractivity contribution is 0.310. The molecule has 0 aliphatic carbocycles. The van der Waals surface area contributed by atoms with E-state index in [0.717, 1.165) is 12.8 Å². The Balaban J connectivity index is 2.14. The summed E-state index contributed by atoms with van der Waals surface area (Å²) in [6, 6.07) is 2.33. The molecule has 2 heterocycles. The van der Waals surface area contributed by atoms with Crippen molar-refractivity contribution in [2.24, 2.45) is 0 Å². The fourth-order valence-electron chi connectivity index (χ4n) is 3.53. The molecule has 2 aromatic rings. The number of methoxy groups -OCH3 is 2. The summed E-state index contributed by atoms with van der Waals surface area (Å²) in [6.07, 6.45) is 1.79. The molecule has 0 spiro atoms. The number of halogens is 1. The molecule has 0 radical (unpaired) electrons. The Labute approximate surface area is 140 Å². The van der Waals surface area contributed by atoms with Crippen LogP contribution in [0, 0.1) is 5.82 Å². The first-order chi connectivity index (χ1) is 11.4. The number of nitrogens with one attached hydrogen (secondary N) is 1. The van der Waals surface area contributed by atoms with Crippen LogP contribution in [0.2, 0.25) is 0 Å². The number of nitrogen functional groups attached to an aromatic ring is 1. The second-order valence-corrected chi connectivity index (χ2v) is 6.43. The lowest BCUT2D eigenvalue weighted by atomic mass is 9.88. The summed E-state index contributed by atoms with van der Waals surface area (Å²) in [5.41, 5.74) is 6.26. The molecule has 2 unspecified atom stereocenters. The molecule has 6 nitrogen and oxygen atoms in total. The van der Waals surface area contributed by atoms with Gasteiger partial charge in [-0.2, -0.15) is 0 Å². The van der Waals surface area contributed by atoms with E-state index in [1.165, 1.54) is 14.2 Å². The van der Waals surface area contributed by atoms with E-state index in [-0.39, 0.29) is 28.8 Å². The standard InChI is InChI=1S/C17H23FN4O2/c1-8-5-10(6-9(2)20-8)17-21-14-11(16(19)22-17)7-12(23-3)15(24-4)13(14)18/h7-10,20H,5-6H2,1-4H3,(H2,19,21,22). The van der Waals surface area contributed by atoms with Crippen LogP contribution in [0.25, 0.3) is 10.9 Å². The van der Waals surface area contributed by atoms with E-state index in [4.69, 9.17) is 15.2 Å². The summed E-state index contributed by atoms with van der Waals surface area (Å²) < 4.78 is 25.1. The number of piperidine rings is 1. The van der Waals surface area contributed by atoms with Crippen LogP contribution in [0.4, 0.5) is 10.2 Å². The molecular weight excluding hydrogens is 311 g/mol. The van der Waals surface area contributed by atoms with Gasteiger partial charge in [0, 0.05) is 23.4 Å². The highest BCUT2D eigenvalue weighted by molar-refractivity contribution is 5.91. The Hall–Kier alpha value is -2.15. The van der Waals surface area contributed by atoms with Gasteiger partial charge in [-0.25, -0.2) is 14.4 Å². The third-order valence-corrected chi connectivity index (χ3v) is 4.53. The number of hydrogen-bond acceptors (Lipinski definition) is 6. The molecule has 0 bridgehead atoms. The number of anilines is 1. The van der Waals surface area contributed by atoms with Crippen molar-refractivity contribution >= 4 is 16.7 Å². The fraction of sp³-hybridized carbons (Fsp3) is 0.529. The lowest BCUT2D eigenvalue weighted by Crippen LogP contribution is -2.41. The van der Waals surface area contributed by atoms with Crippen molar-refractivity contribution in [2.45, 2.75) is 44.7 Å². The van der Waals surface area contributed by atoms with Crippen molar-refractivity contribution < 1.29 is 13.9 Å². The van der Waals surface area contributed by atoms with Crippen LogP contribution in [0.5, 0.6) is 11.5 Å². The zero-order chi connectivity index (χ0) is 17.4. The highest BCUT2D eigenvalue weighted by atomic mass is 19.1. The minimum absolute atomic E-state index is 0.0288. The largest absolute Gasteiger partial charge is 0.493 e. The Morgan fingerprint density at radius 3 is 2.42 bits per heavy atom.